The van der Waals surface area contributed by atoms with Gasteiger partial charge in [0.1, 0.15) is 19.0 Å². The third-order valence-electron chi connectivity index (χ3n) is 4.70. The molecule has 1 atom stereocenters. The number of carbonyl (C=O) groups excluding carboxylic acids is 1. The normalized spacial score (nSPS) is 18.8. The van der Waals surface area contributed by atoms with E-state index in [1.807, 2.05) is 25.5 Å². The molecule has 4 rings (SSSR count). The molecule has 0 aliphatic carbocycles. The average Bonchev–Trinajstić information content (AvgIpc) is 3.08. The van der Waals surface area contributed by atoms with Crippen molar-refractivity contribution >= 4 is 5.91 Å². The minimum Gasteiger partial charge on any atom is -0.486 e. The molecule has 0 saturated heterocycles. The van der Waals surface area contributed by atoms with Crippen LogP contribution in [0.25, 0.3) is 0 Å². The third-order valence-corrected chi connectivity index (χ3v) is 4.70. The molecule has 0 spiro atoms. The van der Waals surface area contributed by atoms with Gasteiger partial charge in [0.15, 0.2) is 11.5 Å². The number of imidazole rings is 1. The predicted molar refractivity (Wildman–Crippen MR) is 88.4 cm³/mol. The molecule has 1 aromatic heterocycles. The maximum absolute atomic E-state index is 12.7. The average molecular weight is 327 g/mol. The largest absolute Gasteiger partial charge is 0.486 e. The van der Waals surface area contributed by atoms with Gasteiger partial charge in [0.25, 0.3) is 5.91 Å². The second kappa shape index (κ2) is 6.19. The molecule has 6 heteroatoms. The number of rotatable bonds is 3. The Morgan fingerprint density at radius 3 is 3.04 bits per heavy atom. The van der Waals surface area contributed by atoms with Gasteiger partial charge < -0.3 is 18.9 Å². The van der Waals surface area contributed by atoms with Crippen LogP contribution in [0.3, 0.4) is 0 Å². The van der Waals surface area contributed by atoms with Gasteiger partial charge in [0, 0.05) is 44.5 Å². The number of nitrogens with zero attached hydrogens (tertiary/aromatic N) is 3. The smallest absolute Gasteiger partial charge is 0.253 e. The molecule has 1 unspecified atom stereocenters. The van der Waals surface area contributed by atoms with Crippen LogP contribution in [0, 0.1) is 5.92 Å². The molecule has 0 radical (unpaired) electrons. The summed E-state index contributed by atoms with van der Waals surface area (Å²) in [6.45, 7) is 2.74. The Labute approximate surface area is 141 Å². The first-order valence-corrected chi connectivity index (χ1v) is 8.36. The lowest BCUT2D eigenvalue weighted by atomic mass is 9.98. The van der Waals surface area contributed by atoms with Gasteiger partial charge in [-0.2, -0.15) is 0 Å². The van der Waals surface area contributed by atoms with E-state index in [1.54, 1.807) is 17.0 Å². The molecule has 6 nitrogen and oxygen atoms in total. The number of aromatic nitrogens is 2. The van der Waals surface area contributed by atoms with Crippen LogP contribution in [0.5, 0.6) is 11.5 Å². The van der Waals surface area contributed by atoms with Crippen LogP contribution in [0.2, 0.25) is 0 Å². The third kappa shape index (κ3) is 2.84. The van der Waals surface area contributed by atoms with E-state index in [0.717, 1.165) is 31.8 Å². The molecule has 3 heterocycles. The van der Waals surface area contributed by atoms with Gasteiger partial charge in [0.2, 0.25) is 0 Å². The van der Waals surface area contributed by atoms with Gasteiger partial charge in [-0.05, 0) is 30.5 Å². The SMILES string of the molecule is CN(CC1CCc2nccn2C1)C(=O)c1ccc2c(c1)OCCO2. The highest BCUT2D eigenvalue weighted by molar-refractivity contribution is 5.94. The maximum atomic E-state index is 12.7. The van der Waals surface area contributed by atoms with E-state index in [-0.39, 0.29) is 5.91 Å². The Balaban J connectivity index is 1.43. The highest BCUT2D eigenvalue weighted by Crippen LogP contribution is 2.31. The number of fused-ring (bicyclic) bond motifs is 2. The summed E-state index contributed by atoms with van der Waals surface area (Å²) in [4.78, 5) is 18.9. The predicted octanol–water partition coefficient (Wildman–Crippen LogP) is 1.99. The van der Waals surface area contributed by atoms with Crippen molar-refractivity contribution in [1.82, 2.24) is 14.5 Å². The van der Waals surface area contributed by atoms with Crippen molar-refractivity contribution in [2.24, 2.45) is 5.92 Å². The second-order valence-electron chi connectivity index (χ2n) is 6.44. The summed E-state index contributed by atoms with van der Waals surface area (Å²) in [5, 5.41) is 0. The number of hydrogen-bond acceptors (Lipinski definition) is 4. The van der Waals surface area contributed by atoms with Crippen LogP contribution in [-0.2, 0) is 13.0 Å². The molecule has 1 aromatic carbocycles. The van der Waals surface area contributed by atoms with Gasteiger partial charge in [-0.3, -0.25) is 4.79 Å². The molecule has 126 valence electrons. The molecule has 24 heavy (non-hydrogen) atoms. The van der Waals surface area contributed by atoms with Crippen molar-refractivity contribution < 1.29 is 14.3 Å². The summed E-state index contributed by atoms with van der Waals surface area (Å²) in [6.07, 6.45) is 5.91. The Morgan fingerprint density at radius 1 is 1.33 bits per heavy atom. The fraction of sp³-hybridized carbons (Fsp3) is 0.444. The molecular weight excluding hydrogens is 306 g/mol. The number of benzene rings is 1. The zero-order valence-corrected chi connectivity index (χ0v) is 13.8. The number of hydrogen-bond donors (Lipinski definition) is 0. The highest BCUT2D eigenvalue weighted by atomic mass is 16.6. The number of amides is 1. The summed E-state index contributed by atoms with van der Waals surface area (Å²) in [7, 11) is 1.86. The van der Waals surface area contributed by atoms with Crippen molar-refractivity contribution in [3.8, 4) is 11.5 Å². The lowest BCUT2D eigenvalue weighted by Crippen LogP contribution is -2.35. The van der Waals surface area contributed by atoms with Gasteiger partial charge in [-0.15, -0.1) is 0 Å². The Kier molecular flexibility index (Phi) is 3.88. The van der Waals surface area contributed by atoms with E-state index < -0.39 is 0 Å². The topological polar surface area (TPSA) is 56.6 Å². The first kappa shape index (κ1) is 15.1. The minimum atomic E-state index is 0.0170. The minimum absolute atomic E-state index is 0.0170. The standard InChI is InChI=1S/C18H21N3O3/c1-20(11-13-2-5-17-19-6-7-21(17)12-13)18(22)14-3-4-15-16(10-14)24-9-8-23-15/h3-4,6-7,10,13H,2,5,8-9,11-12H2,1H3. The second-order valence-corrected chi connectivity index (χ2v) is 6.44. The van der Waals surface area contributed by atoms with E-state index in [1.165, 1.54) is 0 Å². The molecule has 1 amide bonds. The van der Waals surface area contributed by atoms with Crippen molar-refractivity contribution in [2.75, 3.05) is 26.8 Å². The Morgan fingerprint density at radius 2 is 2.17 bits per heavy atom. The molecule has 2 aliphatic rings. The van der Waals surface area contributed by atoms with Crippen molar-refractivity contribution in [3.05, 3.63) is 42.0 Å². The maximum Gasteiger partial charge on any atom is 0.253 e. The van der Waals surface area contributed by atoms with E-state index in [0.29, 0.717) is 36.2 Å². The van der Waals surface area contributed by atoms with Gasteiger partial charge >= 0.3 is 0 Å². The zero-order valence-electron chi connectivity index (χ0n) is 13.8. The monoisotopic (exact) mass is 327 g/mol. The summed E-state index contributed by atoms with van der Waals surface area (Å²) in [6, 6.07) is 5.40. The summed E-state index contributed by atoms with van der Waals surface area (Å²) in [5.41, 5.74) is 0.640. The molecule has 0 fully saturated rings. The van der Waals surface area contributed by atoms with E-state index >= 15 is 0 Å². The van der Waals surface area contributed by atoms with Crippen LogP contribution in [0.1, 0.15) is 22.6 Å². The summed E-state index contributed by atoms with van der Waals surface area (Å²) < 4.78 is 13.3. The molecule has 0 saturated carbocycles. The van der Waals surface area contributed by atoms with E-state index in [4.69, 9.17) is 9.47 Å². The quantitative estimate of drug-likeness (QED) is 0.865. The van der Waals surface area contributed by atoms with Gasteiger partial charge in [-0.1, -0.05) is 0 Å². The number of ether oxygens (including phenoxy) is 2. The van der Waals surface area contributed by atoms with Crippen LogP contribution in [0.15, 0.2) is 30.6 Å². The number of carbonyl (C=O) groups is 1. The summed E-state index contributed by atoms with van der Waals surface area (Å²) in [5.74, 6) is 2.98. The highest BCUT2D eigenvalue weighted by Gasteiger charge is 2.23. The lowest BCUT2D eigenvalue weighted by molar-refractivity contribution is 0.0759. The van der Waals surface area contributed by atoms with Crippen LogP contribution < -0.4 is 9.47 Å². The van der Waals surface area contributed by atoms with Crippen LogP contribution in [-0.4, -0.2) is 47.2 Å². The Bertz CT molecular complexity index is 756. The van der Waals surface area contributed by atoms with Crippen LogP contribution >= 0.6 is 0 Å². The van der Waals surface area contributed by atoms with Crippen molar-refractivity contribution in [2.45, 2.75) is 19.4 Å². The summed E-state index contributed by atoms with van der Waals surface area (Å²) >= 11 is 0. The molecule has 0 N–H and O–H groups in total. The van der Waals surface area contributed by atoms with Gasteiger partial charge in [-0.25, -0.2) is 4.98 Å². The molecular formula is C18H21N3O3. The van der Waals surface area contributed by atoms with Crippen molar-refractivity contribution in [1.29, 1.82) is 0 Å². The lowest BCUT2D eigenvalue weighted by Gasteiger charge is -2.28. The fourth-order valence-electron chi connectivity index (χ4n) is 3.45. The fourth-order valence-corrected chi connectivity index (χ4v) is 3.45. The Hall–Kier alpha value is -2.50. The van der Waals surface area contributed by atoms with Gasteiger partial charge in [0.05, 0.1) is 0 Å². The molecule has 2 aromatic rings. The zero-order chi connectivity index (χ0) is 16.5. The van der Waals surface area contributed by atoms with E-state index in [2.05, 4.69) is 9.55 Å². The van der Waals surface area contributed by atoms with Crippen LogP contribution in [0.4, 0.5) is 0 Å². The first-order valence-electron chi connectivity index (χ1n) is 8.36. The number of aryl methyl sites for hydroxylation is 1. The van der Waals surface area contributed by atoms with E-state index in [9.17, 15) is 4.79 Å². The van der Waals surface area contributed by atoms with Crippen molar-refractivity contribution in [3.63, 3.8) is 0 Å². The molecule has 0 bridgehead atoms. The first-order chi connectivity index (χ1) is 11.7. The molecule has 2 aliphatic heterocycles.